The highest BCUT2D eigenvalue weighted by Crippen LogP contribution is 2.26. The quantitative estimate of drug-likeness (QED) is 0.547. The summed E-state index contributed by atoms with van der Waals surface area (Å²) in [7, 11) is 0. The highest BCUT2D eigenvalue weighted by atomic mass is 16.6. The minimum Gasteiger partial charge on any atom is -0.504 e. The van der Waals surface area contributed by atoms with Crippen molar-refractivity contribution in [1.29, 1.82) is 0 Å². The van der Waals surface area contributed by atoms with Gasteiger partial charge in [-0.05, 0) is 17.7 Å². The van der Waals surface area contributed by atoms with Crippen LogP contribution in [0.15, 0.2) is 18.2 Å². The Morgan fingerprint density at radius 3 is 2.75 bits per heavy atom. The van der Waals surface area contributed by atoms with Gasteiger partial charge in [0.15, 0.2) is 11.5 Å². The first-order chi connectivity index (χ1) is 7.63. The van der Waals surface area contributed by atoms with E-state index in [1.54, 1.807) is 6.07 Å². The van der Waals surface area contributed by atoms with Gasteiger partial charge in [-0.1, -0.05) is 6.07 Å². The fourth-order valence-electron chi connectivity index (χ4n) is 1.22. The van der Waals surface area contributed by atoms with E-state index in [4.69, 9.17) is 9.84 Å². The average molecular weight is 227 g/mol. The Morgan fingerprint density at radius 1 is 1.44 bits per heavy atom. The zero-order valence-corrected chi connectivity index (χ0v) is 8.63. The summed E-state index contributed by atoms with van der Waals surface area (Å²) in [6, 6.07) is 4.60. The van der Waals surface area contributed by atoms with Crippen LogP contribution in [0.25, 0.3) is 0 Å². The number of benzene rings is 1. The molecule has 0 saturated heterocycles. The van der Waals surface area contributed by atoms with Gasteiger partial charge >= 0.3 is 0 Å². The predicted octanol–water partition coefficient (Wildman–Crippen LogP) is 0.582. The third-order valence-corrected chi connectivity index (χ3v) is 1.96. The second kappa shape index (κ2) is 5.92. The van der Waals surface area contributed by atoms with E-state index in [1.807, 2.05) is 0 Å². The highest BCUT2D eigenvalue weighted by molar-refractivity contribution is 5.41. The number of nitro groups is 1. The van der Waals surface area contributed by atoms with Gasteiger partial charge < -0.3 is 14.9 Å². The Balaban J connectivity index is 2.63. The van der Waals surface area contributed by atoms with Gasteiger partial charge in [0.25, 0.3) is 0 Å². The summed E-state index contributed by atoms with van der Waals surface area (Å²) < 4.78 is 5.03. The van der Waals surface area contributed by atoms with E-state index in [2.05, 4.69) is 0 Å². The first-order valence-electron chi connectivity index (χ1n) is 4.81. The van der Waals surface area contributed by atoms with Gasteiger partial charge in [0.1, 0.15) is 6.61 Å². The molecule has 1 aromatic carbocycles. The van der Waals surface area contributed by atoms with Crippen molar-refractivity contribution in [3.05, 3.63) is 33.9 Å². The van der Waals surface area contributed by atoms with Gasteiger partial charge in [-0.15, -0.1) is 0 Å². The van der Waals surface area contributed by atoms with E-state index in [0.717, 1.165) is 0 Å². The molecule has 88 valence electrons. The standard InChI is InChI=1S/C10H13NO5/c12-5-6-16-10-2-1-8(7-9(10)13)3-4-11(14)15/h1-2,7,12-13H,3-6H2. The summed E-state index contributed by atoms with van der Waals surface area (Å²) in [6.07, 6.45) is 0.265. The molecule has 6 nitrogen and oxygen atoms in total. The molecule has 0 amide bonds. The van der Waals surface area contributed by atoms with Gasteiger partial charge in [-0.3, -0.25) is 10.1 Å². The van der Waals surface area contributed by atoms with Crippen LogP contribution < -0.4 is 4.74 Å². The second-order valence-corrected chi connectivity index (χ2v) is 3.18. The van der Waals surface area contributed by atoms with Crippen LogP contribution in [0.1, 0.15) is 5.56 Å². The number of aromatic hydroxyl groups is 1. The van der Waals surface area contributed by atoms with Gasteiger partial charge in [0, 0.05) is 11.3 Å². The van der Waals surface area contributed by atoms with Crippen molar-refractivity contribution in [2.75, 3.05) is 19.8 Å². The fraction of sp³-hybridized carbons (Fsp3) is 0.400. The normalized spacial score (nSPS) is 10.1. The molecule has 2 N–H and O–H groups in total. The molecule has 6 heteroatoms. The van der Waals surface area contributed by atoms with Crippen LogP contribution in [0.5, 0.6) is 11.5 Å². The molecular weight excluding hydrogens is 214 g/mol. The van der Waals surface area contributed by atoms with Crippen molar-refractivity contribution >= 4 is 0 Å². The molecule has 1 aromatic rings. The van der Waals surface area contributed by atoms with E-state index in [0.29, 0.717) is 5.56 Å². The van der Waals surface area contributed by atoms with Crippen molar-refractivity contribution in [3.8, 4) is 11.5 Å². The summed E-state index contributed by atoms with van der Waals surface area (Å²) in [6.45, 7) is -0.208. The zero-order valence-electron chi connectivity index (χ0n) is 8.63. The molecule has 0 radical (unpaired) electrons. The van der Waals surface area contributed by atoms with Crippen LogP contribution in [-0.4, -0.2) is 34.9 Å². The number of aliphatic hydroxyl groups excluding tert-OH is 1. The molecule has 0 fully saturated rings. The predicted molar refractivity (Wildman–Crippen MR) is 56.3 cm³/mol. The molecule has 0 atom stereocenters. The Morgan fingerprint density at radius 2 is 2.19 bits per heavy atom. The van der Waals surface area contributed by atoms with Crippen molar-refractivity contribution < 1.29 is 19.9 Å². The Labute approximate surface area is 92.2 Å². The largest absolute Gasteiger partial charge is 0.504 e. The monoisotopic (exact) mass is 227 g/mol. The first-order valence-corrected chi connectivity index (χ1v) is 4.81. The van der Waals surface area contributed by atoms with E-state index in [9.17, 15) is 15.2 Å². The van der Waals surface area contributed by atoms with E-state index < -0.39 is 4.92 Å². The fourth-order valence-corrected chi connectivity index (χ4v) is 1.22. The number of rotatable bonds is 6. The third-order valence-electron chi connectivity index (χ3n) is 1.96. The molecule has 0 unspecified atom stereocenters. The molecule has 0 heterocycles. The topological polar surface area (TPSA) is 92.8 Å². The highest BCUT2D eigenvalue weighted by Gasteiger charge is 2.05. The van der Waals surface area contributed by atoms with Crippen LogP contribution in [0.4, 0.5) is 0 Å². The number of phenolic OH excluding ortho intramolecular Hbond substituents is 1. The average Bonchev–Trinajstić information content (AvgIpc) is 2.25. The molecule has 16 heavy (non-hydrogen) atoms. The van der Waals surface area contributed by atoms with Crippen LogP contribution in [0.2, 0.25) is 0 Å². The summed E-state index contributed by atoms with van der Waals surface area (Å²) in [5.74, 6) is 0.188. The molecule has 0 saturated carbocycles. The van der Waals surface area contributed by atoms with Crippen LogP contribution in [-0.2, 0) is 6.42 Å². The smallest absolute Gasteiger partial charge is 0.207 e. The summed E-state index contributed by atoms with van der Waals surface area (Å²) >= 11 is 0. The number of phenols is 1. The molecule has 0 aliphatic carbocycles. The first kappa shape index (κ1) is 12.3. The van der Waals surface area contributed by atoms with Crippen LogP contribution in [0, 0.1) is 10.1 Å². The molecule has 0 aliphatic rings. The maximum absolute atomic E-state index is 10.2. The molecular formula is C10H13NO5. The molecule has 1 rings (SSSR count). The zero-order chi connectivity index (χ0) is 12.0. The van der Waals surface area contributed by atoms with Gasteiger partial charge in [0.05, 0.1) is 6.61 Å². The van der Waals surface area contributed by atoms with Gasteiger partial charge in [0.2, 0.25) is 6.54 Å². The molecule has 0 bridgehead atoms. The van der Waals surface area contributed by atoms with Gasteiger partial charge in [-0.2, -0.15) is 0 Å². The molecule has 0 aromatic heterocycles. The summed E-state index contributed by atoms with van der Waals surface area (Å²) in [4.78, 5) is 9.75. The van der Waals surface area contributed by atoms with Crippen molar-refractivity contribution in [3.63, 3.8) is 0 Å². The lowest BCUT2D eigenvalue weighted by Gasteiger charge is -2.07. The second-order valence-electron chi connectivity index (χ2n) is 3.18. The number of hydrogen-bond donors (Lipinski definition) is 2. The maximum Gasteiger partial charge on any atom is 0.207 e. The van der Waals surface area contributed by atoms with Crippen molar-refractivity contribution in [2.24, 2.45) is 0 Å². The van der Waals surface area contributed by atoms with Crippen molar-refractivity contribution in [1.82, 2.24) is 0 Å². The lowest BCUT2D eigenvalue weighted by Crippen LogP contribution is -2.04. The minimum absolute atomic E-state index is 0.0747. The Bertz CT molecular complexity index is 366. The number of hydrogen-bond acceptors (Lipinski definition) is 5. The van der Waals surface area contributed by atoms with E-state index in [1.165, 1.54) is 12.1 Å². The molecule has 0 spiro atoms. The van der Waals surface area contributed by atoms with E-state index >= 15 is 0 Å². The Hall–Kier alpha value is -1.82. The maximum atomic E-state index is 10.2. The summed E-state index contributed by atoms with van der Waals surface area (Å²) in [5.41, 5.74) is 0.672. The Kier molecular flexibility index (Phi) is 4.53. The van der Waals surface area contributed by atoms with E-state index in [-0.39, 0.29) is 37.7 Å². The molecule has 0 aliphatic heterocycles. The summed E-state index contributed by atoms with van der Waals surface area (Å²) in [5, 5.41) is 28.2. The lowest BCUT2D eigenvalue weighted by molar-refractivity contribution is -0.479. The number of aliphatic hydroxyl groups is 1. The van der Waals surface area contributed by atoms with Gasteiger partial charge in [-0.25, -0.2) is 0 Å². The number of nitrogens with zero attached hydrogens (tertiary/aromatic N) is 1. The SMILES string of the molecule is O=[N+]([O-])CCc1ccc(OCCO)c(O)c1. The number of ether oxygens (including phenoxy) is 1. The van der Waals surface area contributed by atoms with Crippen molar-refractivity contribution in [2.45, 2.75) is 6.42 Å². The third kappa shape index (κ3) is 3.74. The van der Waals surface area contributed by atoms with Crippen LogP contribution in [0.3, 0.4) is 0 Å². The van der Waals surface area contributed by atoms with Crippen LogP contribution >= 0.6 is 0 Å². The lowest BCUT2D eigenvalue weighted by atomic mass is 10.1. The minimum atomic E-state index is -0.410.